The molecule has 0 atom stereocenters. The van der Waals surface area contributed by atoms with Gasteiger partial charge < -0.3 is 5.32 Å². The van der Waals surface area contributed by atoms with Gasteiger partial charge in [0.25, 0.3) is 5.91 Å². The lowest BCUT2D eigenvalue weighted by atomic mass is 10.2. The summed E-state index contributed by atoms with van der Waals surface area (Å²) in [7, 11) is 0. The number of hydrogen-bond donors (Lipinski definition) is 2. The smallest absolute Gasteiger partial charge is 0.271 e. The van der Waals surface area contributed by atoms with Crippen LogP contribution in [0.3, 0.4) is 0 Å². The van der Waals surface area contributed by atoms with E-state index in [1.54, 1.807) is 42.5 Å². The van der Waals surface area contributed by atoms with Crippen molar-refractivity contribution < 1.29 is 9.59 Å². The normalized spacial score (nSPS) is 10.5. The maximum Gasteiger partial charge on any atom is 0.271 e. The zero-order valence-electron chi connectivity index (χ0n) is 11.8. The monoisotopic (exact) mass is 315 g/mol. The Bertz CT molecular complexity index is 712. The summed E-state index contributed by atoms with van der Waals surface area (Å²) in [5, 5.41) is 7.11. The summed E-state index contributed by atoms with van der Waals surface area (Å²) < 4.78 is 0. The summed E-state index contributed by atoms with van der Waals surface area (Å²) in [5.41, 5.74) is 4.29. The van der Waals surface area contributed by atoms with Gasteiger partial charge in [0.15, 0.2) is 0 Å². The zero-order chi connectivity index (χ0) is 15.9. The first kappa shape index (κ1) is 15.7. The number of hydrazone groups is 1. The van der Waals surface area contributed by atoms with E-state index in [0.29, 0.717) is 16.3 Å². The van der Waals surface area contributed by atoms with Gasteiger partial charge in [-0.15, -0.1) is 0 Å². The Hall–Kier alpha value is -2.66. The molecule has 0 saturated heterocycles. The number of halogens is 1. The highest BCUT2D eigenvalue weighted by molar-refractivity contribution is 6.30. The molecule has 0 heterocycles. The summed E-state index contributed by atoms with van der Waals surface area (Å²) in [4.78, 5) is 22.8. The van der Waals surface area contributed by atoms with Crippen LogP contribution < -0.4 is 10.7 Å². The lowest BCUT2D eigenvalue weighted by Gasteiger charge is -2.03. The third-order valence-electron chi connectivity index (χ3n) is 2.70. The molecule has 2 N–H and O–H groups in total. The van der Waals surface area contributed by atoms with Gasteiger partial charge in [-0.2, -0.15) is 5.10 Å². The van der Waals surface area contributed by atoms with Crippen LogP contribution in [0.4, 0.5) is 5.69 Å². The van der Waals surface area contributed by atoms with Crippen molar-refractivity contribution in [2.45, 2.75) is 6.92 Å². The van der Waals surface area contributed by atoms with Gasteiger partial charge in [-0.05, 0) is 42.0 Å². The number of benzene rings is 2. The van der Waals surface area contributed by atoms with Crippen molar-refractivity contribution in [2.24, 2.45) is 5.10 Å². The van der Waals surface area contributed by atoms with Gasteiger partial charge in [-0.1, -0.05) is 23.7 Å². The SMILES string of the molecule is CC(=O)Nc1ccc(C(=O)N/N=C/c2cccc(Cl)c2)cc1. The van der Waals surface area contributed by atoms with Crippen LogP contribution in [-0.2, 0) is 4.79 Å². The van der Waals surface area contributed by atoms with E-state index in [0.717, 1.165) is 5.56 Å². The van der Waals surface area contributed by atoms with Crippen molar-refractivity contribution in [1.29, 1.82) is 0 Å². The molecule has 22 heavy (non-hydrogen) atoms. The summed E-state index contributed by atoms with van der Waals surface area (Å²) in [6.45, 7) is 1.42. The fourth-order valence-corrected chi connectivity index (χ4v) is 1.92. The number of nitrogens with zero attached hydrogens (tertiary/aromatic N) is 1. The largest absolute Gasteiger partial charge is 0.326 e. The van der Waals surface area contributed by atoms with E-state index in [1.807, 2.05) is 6.07 Å². The average molecular weight is 316 g/mol. The van der Waals surface area contributed by atoms with E-state index in [9.17, 15) is 9.59 Å². The molecule has 0 unspecified atom stereocenters. The highest BCUT2D eigenvalue weighted by atomic mass is 35.5. The number of anilines is 1. The first-order valence-electron chi connectivity index (χ1n) is 6.51. The topological polar surface area (TPSA) is 70.6 Å². The molecule has 0 saturated carbocycles. The predicted molar refractivity (Wildman–Crippen MR) is 87.3 cm³/mol. The number of nitrogens with one attached hydrogen (secondary N) is 2. The van der Waals surface area contributed by atoms with Crippen LogP contribution in [0.2, 0.25) is 5.02 Å². The van der Waals surface area contributed by atoms with Crippen LogP contribution in [0.15, 0.2) is 53.6 Å². The van der Waals surface area contributed by atoms with E-state index >= 15 is 0 Å². The number of amides is 2. The minimum Gasteiger partial charge on any atom is -0.326 e. The van der Waals surface area contributed by atoms with Crippen LogP contribution in [0.5, 0.6) is 0 Å². The Morgan fingerprint density at radius 2 is 1.86 bits per heavy atom. The molecule has 0 radical (unpaired) electrons. The molecule has 2 rings (SSSR count). The molecule has 2 amide bonds. The highest BCUT2D eigenvalue weighted by Crippen LogP contribution is 2.10. The molecule has 0 spiro atoms. The Morgan fingerprint density at radius 3 is 2.50 bits per heavy atom. The van der Waals surface area contributed by atoms with Crippen molar-refractivity contribution in [3.8, 4) is 0 Å². The fraction of sp³-hybridized carbons (Fsp3) is 0.0625. The van der Waals surface area contributed by atoms with Crippen LogP contribution in [0, 0.1) is 0 Å². The second kappa shape index (κ2) is 7.38. The van der Waals surface area contributed by atoms with Crippen LogP contribution in [0.1, 0.15) is 22.8 Å². The summed E-state index contributed by atoms with van der Waals surface area (Å²) in [5.74, 6) is -0.504. The molecule has 0 aliphatic rings. The van der Waals surface area contributed by atoms with Gasteiger partial charge in [-0.3, -0.25) is 9.59 Å². The Kier molecular flexibility index (Phi) is 5.27. The van der Waals surface area contributed by atoms with E-state index in [2.05, 4.69) is 15.8 Å². The molecular weight excluding hydrogens is 302 g/mol. The molecule has 112 valence electrons. The Labute approximate surface area is 133 Å². The van der Waals surface area contributed by atoms with Crippen LogP contribution in [0.25, 0.3) is 0 Å². The molecule has 0 aromatic heterocycles. The number of rotatable bonds is 4. The molecular formula is C16H14ClN3O2. The molecule has 0 aliphatic heterocycles. The molecule has 2 aromatic carbocycles. The van der Waals surface area contributed by atoms with Gasteiger partial charge in [0.2, 0.25) is 5.91 Å². The first-order chi connectivity index (χ1) is 10.5. The van der Waals surface area contributed by atoms with E-state index in [4.69, 9.17) is 11.6 Å². The summed E-state index contributed by atoms with van der Waals surface area (Å²) >= 11 is 5.85. The summed E-state index contributed by atoms with van der Waals surface area (Å²) in [6.07, 6.45) is 1.51. The van der Waals surface area contributed by atoms with E-state index in [1.165, 1.54) is 13.1 Å². The predicted octanol–water partition coefficient (Wildman–Crippen LogP) is 3.06. The van der Waals surface area contributed by atoms with Crippen LogP contribution in [-0.4, -0.2) is 18.0 Å². The quantitative estimate of drug-likeness (QED) is 0.672. The Morgan fingerprint density at radius 1 is 1.14 bits per heavy atom. The van der Waals surface area contributed by atoms with Crippen molar-refractivity contribution >= 4 is 35.3 Å². The zero-order valence-corrected chi connectivity index (χ0v) is 12.6. The maximum atomic E-state index is 11.9. The average Bonchev–Trinajstić information content (AvgIpc) is 2.47. The van der Waals surface area contributed by atoms with Gasteiger partial charge in [-0.25, -0.2) is 5.43 Å². The van der Waals surface area contributed by atoms with Gasteiger partial charge >= 0.3 is 0 Å². The molecule has 0 aliphatic carbocycles. The van der Waals surface area contributed by atoms with E-state index in [-0.39, 0.29) is 11.8 Å². The number of hydrogen-bond acceptors (Lipinski definition) is 3. The first-order valence-corrected chi connectivity index (χ1v) is 6.89. The maximum absolute atomic E-state index is 11.9. The minimum absolute atomic E-state index is 0.164. The van der Waals surface area contributed by atoms with Crippen molar-refractivity contribution in [1.82, 2.24) is 5.43 Å². The van der Waals surface area contributed by atoms with E-state index < -0.39 is 0 Å². The van der Waals surface area contributed by atoms with Crippen molar-refractivity contribution in [2.75, 3.05) is 5.32 Å². The Balaban J connectivity index is 1.96. The molecule has 0 bridgehead atoms. The van der Waals surface area contributed by atoms with Gasteiger partial charge in [0, 0.05) is 23.2 Å². The number of carbonyl (C=O) groups is 2. The molecule has 6 heteroatoms. The molecule has 5 nitrogen and oxygen atoms in total. The second-order valence-electron chi connectivity index (χ2n) is 4.51. The van der Waals surface area contributed by atoms with Crippen molar-refractivity contribution in [3.05, 3.63) is 64.7 Å². The van der Waals surface area contributed by atoms with Gasteiger partial charge in [0.05, 0.1) is 6.21 Å². The fourth-order valence-electron chi connectivity index (χ4n) is 1.73. The van der Waals surface area contributed by atoms with Gasteiger partial charge in [0.1, 0.15) is 0 Å². The molecule has 2 aromatic rings. The molecule has 0 fully saturated rings. The third kappa shape index (κ3) is 4.71. The minimum atomic E-state index is -0.340. The lowest BCUT2D eigenvalue weighted by Crippen LogP contribution is -2.17. The van der Waals surface area contributed by atoms with Crippen LogP contribution >= 0.6 is 11.6 Å². The third-order valence-corrected chi connectivity index (χ3v) is 2.93. The van der Waals surface area contributed by atoms with Crippen molar-refractivity contribution in [3.63, 3.8) is 0 Å². The standard InChI is InChI=1S/C16H14ClN3O2/c1-11(21)19-15-7-5-13(6-8-15)16(22)20-18-10-12-3-2-4-14(17)9-12/h2-10H,1H3,(H,19,21)(H,20,22)/b18-10+. The highest BCUT2D eigenvalue weighted by Gasteiger charge is 2.04. The summed E-state index contributed by atoms with van der Waals surface area (Å²) in [6, 6.07) is 13.6. The number of carbonyl (C=O) groups excluding carboxylic acids is 2. The lowest BCUT2D eigenvalue weighted by molar-refractivity contribution is -0.114. The second-order valence-corrected chi connectivity index (χ2v) is 4.95.